The first-order chi connectivity index (χ1) is 13.6. The molecule has 0 aromatic carbocycles. The zero-order valence-corrected chi connectivity index (χ0v) is 15.7. The Kier molecular flexibility index (Phi) is 6.68. The molecule has 10 heteroatoms. The Bertz CT molecular complexity index is 945. The summed E-state index contributed by atoms with van der Waals surface area (Å²) in [6, 6.07) is 6.56. The fraction of sp³-hybridized carbons (Fsp3) is 0.278. The van der Waals surface area contributed by atoms with Crippen molar-refractivity contribution in [3.63, 3.8) is 0 Å². The van der Waals surface area contributed by atoms with Crippen molar-refractivity contribution in [1.29, 1.82) is 0 Å². The quantitative estimate of drug-likeness (QED) is 0.236. The van der Waals surface area contributed by atoms with Gasteiger partial charge >= 0.3 is 5.88 Å². The number of carbonyl (C=O) groups is 1. The smallest absolute Gasteiger partial charge is 0.401 e. The second kappa shape index (κ2) is 9.60. The number of aromatic nitrogens is 2. The van der Waals surface area contributed by atoms with Crippen molar-refractivity contribution >= 4 is 29.2 Å². The molecular weight excluding hydrogens is 384 g/mol. The van der Waals surface area contributed by atoms with E-state index in [9.17, 15) is 14.9 Å². The number of nitro groups is 1. The Balaban J connectivity index is 1.29. The highest BCUT2D eigenvalue weighted by Crippen LogP contribution is 2.21. The lowest BCUT2D eigenvalue weighted by Crippen LogP contribution is -2.21. The van der Waals surface area contributed by atoms with Gasteiger partial charge < -0.3 is 14.3 Å². The monoisotopic (exact) mass is 402 g/mol. The standard InChI is InChI=1S/C18H18N4O5S/c23-15(9-7-13-8-10-17(26-13)22(24)25)19-11-3-1-2-6-16-20-18(21-27-16)14-5-4-12-28-14/h4-5,7-10,12H,1-3,6,11H2,(H,19,23)/b9-7+. The van der Waals surface area contributed by atoms with Gasteiger partial charge in [0.15, 0.2) is 0 Å². The summed E-state index contributed by atoms with van der Waals surface area (Å²) in [6.45, 7) is 0.533. The summed E-state index contributed by atoms with van der Waals surface area (Å²) in [5.41, 5.74) is 0. The molecule has 0 atom stereocenters. The molecule has 1 N–H and O–H groups in total. The molecule has 146 valence electrons. The van der Waals surface area contributed by atoms with Crippen LogP contribution in [0.5, 0.6) is 0 Å². The minimum Gasteiger partial charge on any atom is -0.401 e. The highest BCUT2D eigenvalue weighted by molar-refractivity contribution is 7.13. The first kappa shape index (κ1) is 19.5. The van der Waals surface area contributed by atoms with Gasteiger partial charge in [-0.05, 0) is 36.4 Å². The van der Waals surface area contributed by atoms with Gasteiger partial charge in [0.05, 0.1) is 10.9 Å². The molecule has 3 aromatic heterocycles. The van der Waals surface area contributed by atoms with Crippen molar-refractivity contribution in [2.75, 3.05) is 6.54 Å². The highest BCUT2D eigenvalue weighted by Gasteiger charge is 2.10. The first-order valence-corrected chi connectivity index (χ1v) is 9.56. The van der Waals surface area contributed by atoms with E-state index in [1.54, 1.807) is 11.3 Å². The number of nitrogens with one attached hydrogen (secondary N) is 1. The molecule has 3 heterocycles. The van der Waals surface area contributed by atoms with Crippen LogP contribution < -0.4 is 5.32 Å². The summed E-state index contributed by atoms with van der Waals surface area (Å²) in [7, 11) is 0. The summed E-state index contributed by atoms with van der Waals surface area (Å²) in [4.78, 5) is 27.0. The zero-order chi connectivity index (χ0) is 19.8. The van der Waals surface area contributed by atoms with Gasteiger partial charge in [0.1, 0.15) is 10.7 Å². The Labute approximate surface area is 164 Å². The normalized spacial score (nSPS) is 11.1. The average molecular weight is 402 g/mol. The molecule has 0 aliphatic heterocycles. The van der Waals surface area contributed by atoms with E-state index in [-0.39, 0.29) is 17.6 Å². The Morgan fingerprint density at radius 3 is 2.93 bits per heavy atom. The number of unbranched alkanes of at least 4 members (excludes halogenated alkanes) is 2. The van der Waals surface area contributed by atoms with Crippen LogP contribution in [0.1, 0.15) is 30.9 Å². The van der Waals surface area contributed by atoms with Crippen LogP contribution in [0.25, 0.3) is 16.8 Å². The van der Waals surface area contributed by atoms with Crippen LogP contribution >= 0.6 is 11.3 Å². The maximum atomic E-state index is 11.7. The van der Waals surface area contributed by atoms with E-state index in [0.717, 1.165) is 24.1 Å². The molecule has 3 rings (SSSR count). The van der Waals surface area contributed by atoms with Crippen molar-refractivity contribution in [2.45, 2.75) is 25.7 Å². The summed E-state index contributed by atoms with van der Waals surface area (Å²) in [6.07, 6.45) is 5.98. The molecule has 0 aliphatic rings. The molecule has 0 saturated heterocycles. The Morgan fingerprint density at radius 2 is 2.18 bits per heavy atom. The van der Waals surface area contributed by atoms with Gasteiger partial charge in [-0.2, -0.15) is 4.98 Å². The third kappa shape index (κ3) is 5.61. The molecule has 1 amide bonds. The topological polar surface area (TPSA) is 124 Å². The maximum Gasteiger partial charge on any atom is 0.433 e. The summed E-state index contributed by atoms with van der Waals surface area (Å²) in [5, 5.41) is 19.2. The third-order valence-corrected chi connectivity index (χ3v) is 4.63. The van der Waals surface area contributed by atoms with Gasteiger partial charge in [-0.25, -0.2) is 0 Å². The second-order valence-electron chi connectivity index (χ2n) is 5.86. The van der Waals surface area contributed by atoms with Crippen molar-refractivity contribution in [2.24, 2.45) is 0 Å². The lowest BCUT2D eigenvalue weighted by atomic mass is 10.2. The van der Waals surface area contributed by atoms with E-state index in [4.69, 9.17) is 8.94 Å². The molecule has 28 heavy (non-hydrogen) atoms. The minimum atomic E-state index is -0.630. The van der Waals surface area contributed by atoms with Crippen LogP contribution in [-0.2, 0) is 11.2 Å². The predicted molar refractivity (Wildman–Crippen MR) is 103 cm³/mol. The molecule has 0 fully saturated rings. The van der Waals surface area contributed by atoms with Crippen molar-refractivity contribution < 1.29 is 18.7 Å². The molecule has 3 aromatic rings. The summed E-state index contributed by atoms with van der Waals surface area (Å²) < 4.78 is 10.2. The number of amides is 1. The van der Waals surface area contributed by atoms with Gasteiger partial charge in [-0.3, -0.25) is 14.9 Å². The number of aryl methyl sites for hydroxylation is 1. The lowest BCUT2D eigenvalue weighted by molar-refractivity contribution is -0.402. The molecule has 0 spiro atoms. The maximum absolute atomic E-state index is 11.7. The number of furan rings is 1. The molecule has 0 saturated carbocycles. The van der Waals surface area contributed by atoms with Crippen LogP contribution in [0.2, 0.25) is 0 Å². The van der Waals surface area contributed by atoms with Crippen molar-refractivity contribution in [1.82, 2.24) is 15.5 Å². The molecule has 0 unspecified atom stereocenters. The number of hydrogen-bond donors (Lipinski definition) is 1. The Hall–Kier alpha value is -3.27. The predicted octanol–water partition coefficient (Wildman–Crippen LogP) is 3.84. The zero-order valence-electron chi connectivity index (χ0n) is 14.9. The van der Waals surface area contributed by atoms with E-state index < -0.39 is 4.92 Å². The SMILES string of the molecule is O=C(/C=C/c1ccc([N+](=O)[O-])o1)NCCCCCc1nc(-c2cccs2)no1. The van der Waals surface area contributed by atoms with E-state index in [1.807, 2.05) is 17.5 Å². The van der Waals surface area contributed by atoms with E-state index in [2.05, 4.69) is 15.5 Å². The number of carbonyl (C=O) groups excluding carboxylic acids is 1. The highest BCUT2D eigenvalue weighted by atomic mass is 32.1. The van der Waals surface area contributed by atoms with Gasteiger partial charge in [-0.15, -0.1) is 11.3 Å². The van der Waals surface area contributed by atoms with Gasteiger partial charge in [0, 0.05) is 19.0 Å². The lowest BCUT2D eigenvalue weighted by Gasteiger charge is -2.01. The molecule has 9 nitrogen and oxygen atoms in total. The fourth-order valence-corrected chi connectivity index (χ4v) is 3.05. The molecule has 0 aliphatic carbocycles. The van der Waals surface area contributed by atoms with E-state index >= 15 is 0 Å². The largest absolute Gasteiger partial charge is 0.433 e. The van der Waals surface area contributed by atoms with Crippen LogP contribution in [0.4, 0.5) is 5.88 Å². The van der Waals surface area contributed by atoms with E-state index in [1.165, 1.54) is 24.3 Å². The number of thiophene rings is 1. The average Bonchev–Trinajstić information content (AvgIpc) is 3.43. The second-order valence-corrected chi connectivity index (χ2v) is 6.80. The van der Waals surface area contributed by atoms with Crippen molar-refractivity contribution in [3.8, 4) is 10.7 Å². The first-order valence-electron chi connectivity index (χ1n) is 8.68. The number of rotatable bonds is 10. The summed E-state index contributed by atoms with van der Waals surface area (Å²) in [5.74, 6) is 0.845. The molecule has 0 bridgehead atoms. The van der Waals surface area contributed by atoms with Gasteiger partial charge in [0.25, 0.3) is 0 Å². The molecular formula is C18H18N4O5S. The van der Waals surface area contributed by atoms with Crippen LogP contribution in [0.15, 0.2) is 44.7 Å². The van der Waals surface area contributed by atoms with Crippen LogP contribution in [0, 0.1) is 10.1 Å². The Morgan fingerprint density at radius 1 is 1.29 bits per heavy atom. The number of nitrogens with zero attached hydrogens (tertiary/aromatic N) is 3. The van der Waals surface area contributed by atoms with Crippen molar-refractivity contribution in [3.05, 3.63) is 57.5 Å². The van der Waals surface area contributed by atoms with E-state index in [0.29, 0.717) is 24.7 Å². The number of hydrogen-bond acceptors (Lipinski definition) is 8. The van der Waals surface area contributed by atoms with Gasteiger partial charge in [0.2, 0.25) is 17.6 Å². The summed E-state index contributed by atoms with van der Waals surface area (Å²) >= 11 is 1.57. The van der Waals surface area contributed by atoms with Gasteiger partial charge in [-0.1, -0.05) is 17.6 Å². The third-order valence-electron chi connectivity index (χ3n) is 3.77. The van der Waals surface area contributed by atoms with Crippen LogP contribution in [-0.4, -0.2) is 27.5 Å². The van der Waals surface area contributed by atoms with Crippen LogP contribution in [0.3, 0.4) is 0 Å². The fourth-order valence-electron chi connectivity index (χ4n) is 2.40. The molecule has 0 radical (unpaired) electrons. The minimum absolute atomic E-state index is 0.253.